The maximum Gasteiger partial charge on any atom is 0.197 e. The van der Waals surface area contributed by atoms with Gasteiger partial charge in [-0.05, 0) is 49.4 Å². The van der Waals surface area contributed by atoms with Crippen molar-refractivity contribution in [2.45, 2.75) is 30.1 Å². The van der Waals surface area contributed by atoms with Gasteiger partial charge in [0.15, 0.2) is 11.0 Å². The Morgan fingerprint density at radius 3 is 2.81 bits per heavy atom. The molecule has 26 heavy (non-hydrogen) atoms. The Kier molecular flexibility index (Phi) is 6.30. The Hall–Kier alpha value is -2.76. The summed E-state index contributed by atoms with van der Waals surface area (Å²) in [6, 6.07) is 9.46. The third-order valence-corrected chi connectivity index (χ3v) is 4.61. The van der Waals surface area contributed by atoms with E-state index in [1.165, 1.54) is 11.8 Å². The third kappa shape index (κ3) is 4.25. The molecule has 7 nitrogen and oxygen atoms in total. The van der Waals surface area contributed by atoms with E-state index in [-0.39, 0.29) is 0 Å². The summed E-state index contributed by atoms with van der Waals surface area (Å²) in [4.78, 5) is 8.36. The summed E-state index contributed by atoms with van der Waals surface area (Å²) < 4.78 is 7.48. The molecule has 0 N–H and O–H groups in total. The van der Waals surface area contributed by atoms with Crippen molar-refractivity contribution < 1.29 is 4.74 Å². The van der Waals surface area contributed by atoms with Gasteiger partial charge in [-0.1, -0.05) is 0 Å². The molecule has 3 rings (SSSR count). The molecule has 3 aromatic rings. The zero-order chi connectivity index (χ0) is 18.2. The van der Waals surface area contributed by atoms with Crippen LogP contribution in [0.1, 0.15) is 18.9 Å². The summed E-state index contributed by atoms with van der Waals surface area (Å²) in [6.07, 6.45) is 5.97. The van der Waals surface area contributed by atoms with E-state index in [2.05, 4.69) is 26.2 Å². The van der Waals surface area contributed by atoms with Gasteiger partial charge in [-0.3, -0.25) is 4.98 Å². The zero-order valence-electron chi connectivity index (χ0n) is 14.4. The van der Waals surface area contributed by atoms with Crippen molar-refractivity contribution in [3.05, 3.63) is 48.4 Å². The lowest BCUT2D eigenvalue weighted by atomic mass is 10.2. The fourth-order valence-corrected chi connectivity index (χ4v) is 3.27. The van der Waals surface area contributed by atoms with Gasteiger partial charge in [0, 0.05) is 43.9 Å². The van der Waals surface area contributed by atoms with Gasteiger partial charge in [0.25, 0.3) is 0 Å². The van der Waals surface area contributed by atoms with Gasteiger partial charge in [0.05, 0.1) is 5.56 Å². The van der Waals surface area contributed by atoms with Crippen LogP contribution >= 0.6 is 11.8 Å². The Bertz CT molecular complexity index is 890. The first-order chi connectivity index (χ1) is 12.8. The predicted octanol–water partition coefficient (Wildman–Crippen LogP) is 3.18. The second-order valence-electron chi connectivity index (χ2n) is 5.31. The monoisotopic (exact) mass is 366 g/mol. The fourth-order valence-electron chi connectivity index (χ4n) is 2.39. The van der Waals surface area contributed by atoms with E-state index in [9.17, 15) is 5.26 Å². The predicted molar refractivity (Wildman–Crippen MR) is 97.4 cm³/mol. The van der Waals surface area contributed by atoms with E-state index in [4.69, 9.17) is 4.74 Å². The Labute approximate surface area is 156 Å². The summed E-state index contributed by atoms with van der Waals surface area (Å²) in [5, 5.41) is 19.3. The topological polar surface area (TPSA) is 89.5 Å². The third-order valence-electron chi connectivity index (χ3n) is 3.61. The molecule has 0 radical (unpaired) electrons. The van der Waals surface area contributed by atoms with E-state index in [1.807, 2.05) is 23.6 Å². The molecule has 0 spiro atoms. The average molecular weight is 366 g/mol. The SMILES string of the molecule is CCOCCCn1c(Sc2ncccc2C#N)nnc1-c1ccncc1. The summed E-state index contributed by atoms with van der Waals surface area (Å²) in [5.74, 6) is 0.765. The molecule has 0 aliphatic heterocycles. The van der Waals surface area contributed by atoms with Crippen LogP contribution in [0.25, 0.3) is 11.4 Å². The quantitative estimate of drug-likeness (QED) is 0.566. The van der Waals surface area contributed by atoms with Crippen LogP contribution in [0.15, 0.2) is 53.0 Å². The number of pyridine rings is 2. The standard InChI is InChI=1S/C18H18N6OS/c1-2-25-12-4-11-24-16(14-6-9-20-10-7-14)22-23-18(24)26-17-15(13-19)5-3-8-21-17/h3,5-10H,2,4,11-12H2,1H3. The molecule has 0 saturated carbocycles. The van der Waals surface area contributed by atoms with E-state index >= 15 is 0 Å². The van der Waals surface area contributed by atoms with Crippen LogP contribution in [0.4, 0.5) is 0 Å². The second kappa shape index (κ2) is 9.08. The number of nitrogens with zero attached hydrogens (tertiary/aromatic N) is 6. The molecule has 0 amide bonds. The second-order valence-corrected chi connectivity index (χ2v) is 6.27. The maximum atomic E-state index is 9.28. The van der Waals surface area contributed by atoms with Crippen LogP contribution in [0.2, 0.25) is 0 Å². The molecule has 0 aliphatic rings. The molecule has 0 bridgehead atoms. The normalized spacial score (nSPS) is 10.6. The van der Waals surface area contributed by atoms with Crippen LogP contribution in [0, 0.1) is 11.3 Å². The van der Waals surface area contributed by atoms with Gasteiger partial charge in [-0.25, -0.2) is 4.98 Å². The lowest BCUT2D eigenvalue weighted by Gasteiger charge is -2.10. The number of rotatable bonds is 8. The van der Waals surface area contributed by atoms with Crippen LogP contribution in [-0.2, 0) is 11.3 Å². The first-order valence-electron chi connectivity index (χ1n) is 8.27. The van der Waals surface area contributed by atoms with Crippen molar-refractivity contribution in [3.63, 3.8) is 0 Å². The van der Waals surface area contributed by atoms with E-state index in [0.29, 0.717) is 35.5 Å². The Morgan fingerprint density at radius 1 is 1.19 bits per heavy atom. The minimum atomic E-state index is 0.520. The maximum absolute atomic E-state index is 9.28. The lowest BCUT2D eigenvalue weighted by Crippen LogP contribution is -2.06. The number of ether oxygens (including phenoxy) is 1. The molecular formula is C18H18N6OS. The molecule has 8 heteroatoms. The molecule has 0 aromatic carbocycles. The van der Waals surface area contributed by atoms with Crippen molar-refractivity contribution in [2.24, 2.45) is 0 Å². The largest absolute Gasteiger partial charge is 0.382 e. The molecule has 3 aromatic heterocycles. The molecule has 3 heterocycles. The van der Waals surface area contributed by atoms with Gasteiger partial charge in [0.2, 0.25) is 0 Å². The summed E-state index contributed by atoms with van der Waals surface area (Å²) in [7, 11) is 0. The highest BCUT2D eigenvalue weighted by molar-refractivity contribution is 7.99. The summed E-state index contributed by atoms with van der Waals surface area (Å²) in [6.45, 7) is 4.05. The lowest BCUT2D eigenvalue weighted by molar-refractivity contribution is 0.141. The van der Waals surface area contributed by atoms with Crippen molar-refractivity contribution in [1.82, 2.24) is 24.7 Å². The number of hydrogen-bond acceptors (Lipinski definition) is 7. The molecule has 0 saturated heterocycles. The number of hydrogen-bond donors (Lipinski definition) is 0. The number of nitriles is 1. The highest BCUT2D eigenvalue weighted by Crippen LogP contribution is 2.30. The van der Waals surface area contributed by atoms with Crippen molar-refractivity contribution in [3.8, 4) is 17.5 Å². The Balaban J connectivity index is 1.91. The van der Waals surface area contributed by atoms with Gasteiger partial charge >= 0.3 is 0 Å². The smallest absolute Gasteiger partial charge is 0.197 e. The molecule has 0 unspecified atom stereocenters. The van der Waals surface area contributed by atoms with Crippen LogP contribution in [-0.4, -0.2) is 37.9 Å². The highest BCUT2D eigenvalue weighted by atomic mass is 32.2. The Morgan fingerprint density at radius 2 is 2.04 bits per heavy atom. The zero-order valence-corrected chi connectivity index (χ0v) is 15.2. The van der Waals surface area contributed by atoms with Crippen molar-refractivity contribution in [2.75, 3.05) is 13.2 Å². The van der Waals surface area contributed by atoms with Gasteiger partial charge in [0.1, 0.15) is 11.1 Å². The average Bonchev–Trinajstić information content (AvgIpc) is 3.09. The van der Waals surface area contributed by atoms with E-state index in [0.717, 1.165) is 17.8 Å². The molecule has 0 fully saturated rings. The van der Waals surface area contributed by atoms with Crippen LogP contribution in [0.3, 0.4) is 0 Å². The highest BCUT2D eigenvalue weighted by Gasteiger charge is 2.16. The van der Waals surface area contributed by atoms with Gasteiger partial charge in [-0.2, -0.15) is 5.26 Å². The minimum absolute atomic E-state index is 0.520. The summed E-state index contributed by atoms with van der Waals surface area (Å²) >= 11 is 1.34. The van der Waals surface area contributed by atoms with E-state index in [1.54, 1.807) is 30.7 Å². The minimum Gasteiger partial charge on any atom is -0.382 e. The first-order valence-corrected chi connectivity index (χ1v) is 9.09. The summed E-state index contributed by atoms with van der Waals surface area (Å²) in [5.41, 5.74) is 1.46. The van der Waals surface area contributed by atoms with Gasteiger partial charge < -0.3 is 9.30 Å². The first kappa shape index (κ1) is 18.0. The molecular weight excluding hydrogens is 348 g/mol. The van der Waals surface area contributed by atoms with Crippen molar-refractivity contribution in [1.29, 1.82) is 5.26 Å². The number of aromatic nitrogens is 5. The molecule has 0 atom stereocenters. The van der Waals surface area contributed by atoms with Crippen LogP contribution < -0.4 is 0 Å². The molecule has 132 valence electrons. The van der Waals surface area contributed by atoms with Crippen LogP contribution in [0.5, 0.6) is 0 Å². The van der Waals surface area contributed by atoms with Gasteiger partial charge in [-0.15, -0.1) is 10.2 Å². The fraction of sp³-hybridized carbons (Fsp3) is 0.278. The molecule has 0 aliphatic carbocycles. The van der Waals surface area contributed by atoms with E-state index < -0.39 is 0 Å². The van der Waals surface area contributed by atoms with Crippen molar-refractivity contribution >= 4 is 11.8 Å².